The highest BCUT2D eigenvalue weighted by Gasteiger charge is 2.52. The Balaban J connectivity index is 1.30. The van der Waals surface area contributed by atoms with E-state index in [0.717, 1.165) is 47.6 Å². The van der Waals surface area contributed by atoms with Gasteiger partial charge in [-0.15, -0.1) is 11.8 Å². The van der Waals surface area contributed by atoms with E-state index in [4.69, 9.17) is 22.3 Å². The van der Waals surface area contributed by atoms with Crippen molar-refractivity contribution >= 4 is 41.3 Å². The molecule has 0 bridgehead atoms. The molecule has 3 unspecified atom stereocenters. The summed E-state index contributed by atoms with van der Waals surface area (Å²) in [5, 5.41) is 5.32. The van der Waals surface area contributed by atoms with Crippen LogP contribution in [0, 0.1) is 11.7 Å². The quantitative estimate of drug-likeness (QED) is 0.225. The molecule has 4 aliphatic rings. The first kappa shape index (κ1) is 31.2. The minimum absolute atomic E-state index is 0.0170. The largest absolute Gasteiger partial charge is 0.398 e. The van der Waals surface area contributed by atoms with Gasteiger partial charge in [0.15, 0.2) is 6.30 Å². The number of nitrogens with zero attached hydrogens (tertiary/aromatic N) is 4. The third-order valence-electron chi connectivity index (χ3n) is 8.73. The molecule has 0 spiro atoms. The molecule has 4 atom stereocenters. The van der Waals surface area contributed by atoms with Crippen molar-refractivity contribution in [2.45, 2.75) is 55.6 Å². The van der Waals surface area contributed by atoms with E-state index >= 15 is 0 Å². The van der Waals surface area contributed by atoms with Crippen LogP contribution in [-0.2, 0) is 10.2 Å². The molecule has 6 rings (SSSR count). The summed E-state index contributed by atoms with van der Waals surface area (Å²) < 4.78 is 27.6. The van der Waals surface area contributed by atoms with E-state index in [1.165, 1.54) is 25.3 Å². The molecule has 1 saturated carbocycles. The fraction of sp³-hybridized carbons (Fsp3) is 0.353. The first-order chi connectivity index (χ1) is 21.7. The predicted octanol–water partition coefficient (Wildman–Crippen LogP) is 6.56. The van der Waals surface area contributed by atoms with Crippen molar-refractivity contribution in [3.8, 4) is 0 Å². The number of hydrogen-bond acceptors (Lipinski definition) is 7. The van der Waals surface area contributed by atoms with Crippen LogP contribution < -0.4 is 11.1 Å². The van der Waals surface area contributed by atoms with E-state index < -0.39 is 23.6 Å². The molecule has 1 aromatic heterocycles. The minimum Gasteiger partial charge on any atom is -0.398 e. The zero-order chi connectivity index (χ0) is 31.7. The first-order valence-electron chi connectivity index (χ1n) is 15.0. The summed E-state index contributed by atoms with van der Waals surface area (Å²) in [7, 11) is 0. The average Bonchev–Trinajstić information content (AvgIpc) is 3.55. The second-order valence-corrected chi connectivity index (χ2v) is 13.2. The number of alkyl halides is 1. The lowest BCUT2D eigenvalue weighted by molar-refractivity contribution is -0.123. The first-order valence-corrected chi connectivity index (χ1v) is 16.4. The van der Waals surface area contributed by atoms with Crippen molar-refractivity contribution in [1.29, 1.82) is 0 Å². The minimum atomic E-state index is -1.38. The molecule has 2 aromatic rings. The van der Waals surface area contributed by atoms with Gasteiger partial charge >= 0.3 is 0 Å². The molecule has 3 aliphatic heterocycles. The van der Waals surface area contributed by atoms with E-state index in [-0.39, 0.29) is 22.1 Å². The van der Waals surface area contributed by atoms with E-state index in [9.17, 15) is 13.6 Å². The van der Waals surface area contributed by atoms with Crippen molar-refractivity contribution in [3.63, 3.8) is 0 Å². The van der Waals surface area contributed by atoms with Crippen molar-refractivity contribution in [3.05, 3.63) is 111 Å². The van der Waals surface area contributed by atoms with Crippen LogP contribution in [0.1, 0.15) is 49.9 Å². The molecule has 1 amide bonds. The van der Waals surface area contributed by atoms with Crippen LogP contribution in [0.25, 0.3) is 0 Å². The number of rotatable bonds is 10. The Morgan fingerprint density at radius 3 is 2.84 bits per heavy atom. The highest BCUT2D eigenvalue weighted by Crippen LogP contribution is 2.48. The van der Waals surface area contributed by atoms with Crippen LogP contribution in [0.3, 0.4) is 0 Å². The van der Waals surface area contributed by atoms with E-state index in [2.05, 4.69) is 26.8 Å². The lowest BCUT2D eigenvalue weighted by Crippen LogP contribution is -2.40. The van der Waals surface area contributed by atoms with Crippen LogP contribution in [-0.4, -0.2) is 52.5 Å². The molecular weight excluding hydrogens is 614 g/mol. The van der Waals surface area contributed by atoms with Gasteiger partial charge in [0, 0.05) is 53.1 Å². The molecule has 1 saturated heterocycles. The molecule has 7 nitrogen and oxygen atoms in total. The van der Waals surface area contributed by atoms with Crippen molar-refractivity contribution < 1.29 is 13.6 Å². The number of aromatic nitrogens is 1. The third kappa shape index (κ3) is 6.35. The summed E-state index contributed by atoms with van der Waals surface area (Å²) in [5.41, 5.74) is 10.6. The molecule has 45 heavy (non-hydrogen) atoms. The number of halogens is 3. The second-order valence-electron chi connectivity index (χ2n) is 11.8. The topological polar surface area (TPSA) is 96.0 Å². The Labute approximate surface area is 271 Å². The third-order valence-corrected chi connectivity index (χ3v) is 10.1. The van der Waals surface area contributed by atoms with Gasteiger partial charge in [0.25, 0.3) is 0 Å². The molecule has 4 heterocycles. The Bertz CT molecular complexity index is 1650. The van der Waals surface area contributed by atoms with Gasteiger partial charge < -0.3 is 16.0 Å². The number of pyridine rings is 1. The van der Waals surface area contributed by atoms with E-state index in [1.807, 2.05) is 29.7 Å². The molecule has 1 aliphatic carbocycles. The van der Waals surface area contributed by atoms with Crippen molar-refractivity contribution in [2.75, 3.05) is 13.1 Å². The maximum atomic E-state index is 14.1. The number of hydrogen-bond donors (Lipinski definition) is 2. The zero-order valence-corrected chi connectivity index (χ0v) is 26.5. The zero-order valence-electron chi connectivity index (χ0n) is 24.9. The summed E-state index contributed by atoms with van der Waals surface area (Å²) >= 11 is 8.24. The molecule has 3 N–H and O–H groups in total. The number of thioether (sulfide) groups is 1. The number of allylic oxidation sites excluding steroid dienone is 3. The van der Waals surface area contributed by atoms with E-state index in [0.29, 0.717) is 30.8 Å². The number of nitrogens with one attached hydrogen (secondary N) is 1. The van der Waals surface area contributed by atoms with Gasteiger partial charge in [-0.05, 0) is 79.8 Å². The van der Waals surface area contributed by atoms with E-state index in [1.54, 1.807) is 30.1 Å². The Hall–Kier alpha value is -3.76. The van der Waals surface area contributed by atoms with Crippen LogP contribution in [0.4, 0.5) is 8.78 Å². The number of fused-ring (bicyclic) bond motifs is 1. The molecule has 11 heteroatoms. The smallest absolute Gasteiger partial charge is 0.232 e. The summed E-state index contributed by atoms with van der Waals surface area (Å²) in [6.45, 7) is 6.79. The molecule has 0 radical (unpaired) electrons. The van der Waals surface area contributed by atoms with Gasteiger partial charge in [0.2, 0.25) is 5.91 Å². The van der Waals surface area contributed by atoms with Crippen LogP contribution in [0.5, 0.6) is 0 Å². The maximum absolute atomic E-state index is 14.1. The highest BCUT2D eigenvalue weighted by atomic mass is 35.5. The van der Waals surface area contributed by atoms with Gasteiger partial charge in [0.05, 0.1) is 16.4 Å². The van der Waals surface area contributed by atoms with Gasteiger partial charge in [-0.3, -0.25) is 19.8 Å². The Morgan fingerprint density at radius 2 is 2.18 bits per heavy atom. The van der Waals surface area contributed by atoms with Crippen molar-refractivity contribution in [1.82, 2.24) is 15.2 Å². The number of carbonyl (C=O) groups is 1. The maximum Gasteiger partial charge on any atom is 0.232 e. The number of carbonyl (C=O) groups excluding carboxylic acids is 1. The predicted molar refractivity (Wildman–Crippen MR) is 177 cm³/mol. The number of aliphatic imine (C=N–C) groups is 2. The molecule has 234 valence electrons. The van der Waals surface area contributed by atoms with Gasteiger partial charge in [-0.1, -0.05) is 36.4 Å². The normalized spacial score (nSPS) is 24.7. The second kappa shape index (κ2) is 12.9. The summed E-state index contributed by atoms with van der Waals surface area (Å²) in [4.78, 5) is 28.9. The molecule has 1 aromatic carbocycles. The number of benzene rings is 1. The lowest BCUT2D eigenvalue weighted by Gasteiger charge is -2.36. The lowest BCUT2D eigenvalue weighted by atomic mass is 9.90. The SMILES string of the molecule is C=C1C=CSC1C1=N[C@@H](c2ccc(F)cc2Cl)C(C(N)=CC=NC(C)F)=C2CC(CCNC(=O)C3(c4ccccn4)CC3)CN12. The number of nitrogens with two attached hydrogens (primary N) is 1. The van der Waals surface area contributed by atoms with Crippen molar-refractivity contribution in [2.24, 2.45) is 21.6 Å². The summed E-state index contributed by atoms with van der Waals surface area (Å²) in [6.07, 6.45) is 8.28. The van der Waals surface area contributed by atoms with Crippen LogP contribution >= 0.6 is 23.4 Å². The van der Waals surface area contributed by atoms with Crippen LogP contribution in [0.2, 0.25) is 5.02 Å². The average molecular weight is 649 g/mol. The monoisotopic (exact) mass is 648 g/mol. The number of amidine groups is 1. The molecular formula is C34H35ClF2N6OS. The fourth-order valence-electron chi connectivity index (χ4n) is 6.27. The number of amides is 1. The Morgan fingerprint density at radius 1 is 1.36 bits per heavy atom. The fourth-order valence-corrected chi connectivity index (χ4v) is 7.52. The highest BCUT2D eigenvalue weighted by molar-refractivity contribution is 8.03. The van der Waals surface area contributed by atoms with Gasteiger partial charge in [-0.25, -0.2) is 8.78 Å². The van der Waals surface area contributed by atoms with Crippen LogP contribution in [0.15, 0.2) is 99.3 Å². The summed E-state index contributed by atoms with van der Waals surface area (Å²) in [6, 6.07) is 9.34. The standard InChI is InChI=1S/C34H35ClF2N6OS/c1-20-10-16-45-31(20)32-42-30(24-7-6-23(37)18-25(24)35)29(26(38)9-15-39-21(2)36)27-17-22(19-43(27)32)8-14-41-33(44)34(11-12-34)28-5-3-4-13-40-28/h3-7,9-10,13,15-16,18,21-22,30-31H,1,8,11-12,14,17,19,38H2,2H3,(H,41,44)/t21?,22?,30-,31?/m0/s1. The molecule has 2 fully saturated rings. The summed E-state index contributed by atoms with van der Waals surface area (Å²) in [5.74, 6) is 0.586. The van der Waals surface area contributed by atoms with Gasteiger partial charge in [0.1, 0.15) is 17.7 Å². The Kier molecular flexibility index (Phi) is 8.97. The van der Waals surface area contributed by atoms with Gasteiger partial charge in [-0.2, -0.15) is 0 Å².